The fourth-order valence-electron chi connectivity index (χ4n) is 2.80. The molecule has 0 bridgehead atoms. The molecule has 3 aromatic rings. The Bertz CT molecular complexity index is 1010. The number of Topliss-reactive ketones (excluding diaryl/α,β-unsaturated/α-hetero) is 1. The lowest BCUT2D eigenvalue weighted by molar-refractivity contribution is 0.101. The highest BCUT2D eigenvalue weighted by Crippen LogP contribution is 2.35. The van der Waals surface area contributed by atoms with Crippen molar-refractivity contribution in [1.82, 2.24) is 4.98 Å². The van der Waals surface area contributed by atoms with Gasteiger partial charge in [0, 0.05) is 18.5 Å². The van der Waals surface area contributed by atoms with Gasteiger partial charge >= 0.3 is 0 Å². The van der Waals surface area contributed by atoms with Crippen LogP contribution in [-0.2, 0) is 6.61 Å². The van der Waals surface area contributed by atoms with Crippen LogP contribution in [0.3, 0.4) is 0 Å². The van der Waals surface area contributed by atoms with Crippen LogP contribution < -0.4 is 14.2 Å². The van der Waals surface area contributed by atoms with Crippen LogP contribution in [0, 0.1) is 0 Å². The van der Waals surface area contributed by atoms with Crippen molar-refractivity contribution in [2.24, 2.45) is 0 Å². The van der Waals surface area contributed by atoms with Gasteiger partial charge in [-0.05, 0) is 47.5 Å². The largest absolute Gasteiger partial charge is 0.497 e. The van der Waals surface area contributed by atoms with E-state index in [9.17, 15) is 4.79 Å². The number of hydrogen-bond donors (Lipinski definition) is 0. The highest BCUT2D eigenvalue weighted by molar-refractivity contribution is 6.14. The lowest BCUT2D eigenvalue weighted by Gasteiger charge is -2.08. The Kier molecular flexibility index (Phi) is 4.58. The average Bonchev–Trinajstić information content (AvgIpc) is 3.02. The molecule has 0 saturated carbocycles. The maximum atomic E-state index is 12.5. The molecule has 2 heterocycles. The number of aromatic nitrogens is 1. The summed E-state index contributed by atoms with van der Waals surface area (Å²) in [6.45, 7) is 0.391. The minimum absolute atomic E-state index is 0.145. The number of hydrogen-bond acceptors (Lipinski definition) is 5. The second-order valence-corrected chi connectivity index (χ2v) is 6.02. The van der Waals surface area contributed by atoms with Gasteiger partial charge in [-0.2, -0.15) is 0 Å². The first-order chi connectivity index (χ1) is 13.2. The molecule has 0 N–H and O–H groups in total. The van der Waals surface area contributed by atoms with E-state index in [1.165, 1.54) is 0 Å². The zero-order valence-electron chi connectivity index (χ0n) is 14.7. The van der Waals surface area contributed by atoms with Crippen molar-refractivity contribution in [3.63, 3.8) is 0 Å². The monoisotopic (exact) mass is 359 g/mol. The van der Waals surface area contributed by atoms with Crippen LogP contribution in [0.5, 0.6) is 17.2 Å². The van der Waals surface area contributed by atoms with Crippen molar-refractivity contribution in [3.05, 3.63) is 89.4 Å². The Morgan fingerprint density at radius 1 is 1.07 bits per heavy atom. The highest BCUT2D eigenvalue weighted by atomic mass is 16.5. The number of fused-ring (bicyclic) bond motifs is 1. The quantitative estimate of drug-likeness (QED) is 0.636. The molecule has 0 spiro atoms. The van der Waals surface area contributed by atoms with Crippen LogP contribution in [0.25, 0.3) is 6.08 Å². The molecule has 5 heteroatoms. The molecule has 0 aliphatic carbocycles. The van der Waals surface area contributed by atoms with Gasteiger partial charge in [0.2, 0.25) is 5.78 Å². The molecule has 0 atom stereocenters. The molecule has 0 radical (unpaired) electrons. The van der Waals surface area contributed by atoms with Gasteiger partial charge in [0.05, 0.1) is 12.7 Å². The summed E-state index contributed by atoms with van der Waals surface area (Å²) in [5.41, 5.74) is 2.33. The van der Waals surface area contributed by atoms with Gasteiger partial charge < -0.3 is 14.2 Å². The molecule has 5 nitrogen and oxygen atoms in total. The fourth-order valence-corrected chi connectivity index (χ4v) is 2.80. The number of benzene rings is 2. The van der Waals surface area contributed by atoms with Gasteiger partial charge in [-0.15, -0.1) is 0 Å². The van der Waals surface area contributed by atoms with Crippen molar-refractivity contribution < 1.29 is 19.0 Å². The van der Waals surface area contributed by atoms with Crippen molar-refractivity contribution in [1.29, 1.82) is 0 Å². The number of methoxy groups -OCH3 is 1. The molecule has 1 aromatic heterocycles. The molecule has 1 aliphatic rings. The normalized spacial score (nSPS) is 14.0. The summed E-state index contributed by atoms with van der Waals surface area (Å²) in [5, 5.41) is 0. The number of nitrogens with zero attached hydrogens (tertiary/aromatic N) is 1. The zero-order valence-corrected chi connectivity index (χ0v) is 14.7. The summed E-state index contributed by atoms with van der Waals surface area (Å²) < 4.78 is 16.8. The van der Waals surface area contributed by atoms with E-state index >= 15 is 0 Å². The first kappa shape index (κ1) is 16.8. The molecule has 0 unspecified atom stereocenters. The Morgan fingerprint density at radius 2 is 2.00 bits per heavy atom. The van der Waals surface area contributed by atoms with E-state index in [2.05, 4.69) is 4.98 Å². The van der Waals surface area contributed by atoms with Gasteiger partial charge in [-0.25, -0.2) is 0 Å². The number of ether oxygens (including phenoxy) is 3. The molecular weight excluding hydrogens is 342 g/mol. The molecule has 134 valence electrons. The summed E-state index contributed by atoms with van der Waals surface area (Å²) in [6, 6.07) is 16.6. The molecular formula is C22H17NO4. The smallest absolute Gasteiger partial charge is 0.231 e. The maximum absolute atomic E-state index is 12.5. The number of carbonyl (C=O) groups is 1. The van der Waals surface area contributed by atoms with E-state index in [1.807, 2.05) is 36.4 Å². The molecule has 27 heavy (non-hydrogen) atoms. The van der Waals surface area contributed by atoms with E-state index in [0.29, 0.717) is 23.7 Å². The van der Waals surface area contributed by atoms with Gasteiger partial charge in [0.15, 0.2) is 5.76 Å². The third-order valence-corrected chi connectivity index (χ3v) is 4.16. The number of pyridine rings is 1. The topological polar surface area (TPSA) is 57.6 Å². The van der Waals surface area contributed by atoms with E-state index < -0.39 is 0 Å². The summed E-state index contributed by atoms with van der Waals surface area (Å²) in [6.07, 6.45) is 5.04. The van der Waals surface area contributed by atoms with Crippen LogP contribution >= 0.6 is 0 Å². The minimum Gasteiger partial charge on any atom is -0.497 e. The summed E-state index contributed by atoms with van der Waals surface area (Å²) >= 11 is 0. The van der Waals surface area contributed by atoms with Crippen molar-refractivity contribution in [2.45, 2.75) is 6.61 Å². The minimum atomic E-state index is -0.145. The van der Waals surface area contributed by atoms with Gasteiger partial charge in [-0.3, -0.25) is 9.78 Å². The molecule has 2 aromatic carbocycles. The van der Waals surface area contributed by atoms with E-state index in [4.69, 9.17) is 14.2 Å². The molecule has 4 rings (SSSR count). The summed E-state index contributed by atoms with van der Waals surface area (Å²) in [5.74, 6) is 2.05. The predicted octanol–water partition coefficient (Wildman–Crippen LogP) is 4.29. The Hall–Kier alpha value is -3.60. The van der Waals surface area contributed by atoms with Gasteiger partial charge in [-0.1, -0.05) is 18.2 Å². The predicted molar refractivity (Wildman–Crippen MR) is 101 cm³/mol. The van der Waals surface area contributed by atoms with E-state index in [1.54, 1.807) is 43.8 Å². The average molecular weight is 359 g/mol. The lowest BCUT2D eigenvalue weighted by Crippen LogP contribution is -1.98. The summed E-state index contributed by atoms with van der Waals surface area (Å²) in [4.78, 5) is 16.5. The number of allylic oxidation sites excluding steroid dienone is 1. The van der Waals surface area contributed by atoms with Crippen LogP contribution in [0.4, 0.5) is 0 Å². The number of ketones is 1. The molecule has 0 amide bonds. The van der Waals surface area contributed by atoms with Crippen molar-refractivity contribution in [2.75, 3.05) is 7.11 Å². The second-order valence-electron chi connectivity index (χ2n) is 6.02. The highest BCUT2D eigenvalue weighted by Gasteiger charge is 2.27. The summed E-state index contributed by atoms with van der Waals surface area (Å²) in [7, 11) is 1.63. The number of rotatable bonds is 5. The standard InChI is InChI=1S/C22H17NO4/c1-25-17-6-2-4-16(10-17)14-26-18-7-8-19-20(12-18)27-21(22(19)24)11-15-5-3-9-23-13-15/h2-13H,14H2,1H3. The molecule has 0 fully saturated rings. The lowest BCUT2D eigenvalue weighted by atomic mass is 10.1. The van der Waals surface area contributed by atoms with Crippen LogP contribution in [0.15, 0.2) is 72.8 Å². The van der Waals surface area contributed by atoms with Crippen LogP contribution in [0.2, 0.25) is 0 Å². The second kappa shape index (κ2) is 7.33. The number of carbonyl (C=O) groups excluding carboxylic acids is 1. The van der Waals surface area contributed by atoms with Crippen molar-refractivity contribution in [3.8, 4) is 17.2 Å². The first-order valence-corrected chi connectivity index (χ1v) is 8.47. The fraction of sp³-hybridized carbons (Fsp3) is 0.0909. The third-order valence-electron chi connectivity index (χ3n) is 4.16. The first-order valence-electron chi connectivity index (χ1n) is 8.47. The molecule has 0 saturated heterocycles. The van der Waals surface area contributed by atoms with Crippen molar-refractivity contribution >= 4 is 11.9 Å². The van der Waals surface area contributed by atoms with Gasteiger partial charge in [0.1, 0.15) is 23.9 Å². The van der Waals surface area contributed by atoms with E-state index in [0.717, 1.165) is 16.9 Å². The third kappa shape index (κ3) is 3.67. The van der Waals surface area contributed by atoms with Crippen LogP contribution in [-0.4, -0.2) is 17.9 Å². The van der Waals surface area contributed by atoms with Gasteiger partial charge in [0.25, 0.3) is 0 Å². The van der Waals surface area contributed by atoms with E-state index in [-0.39, 0.29) is 11.5 Å². The maximum Gasteiger partial charge on any atom is 0.231 e. The SMILES string of the molecule is COc1cccc(COc2ccc3c(c2)OC(=Cc2cccnc2)C3=O)c1. The Balaban J connectivity index is 1.50. The van der Waals surface area contributed by atoms with Crippen LogP contribution in [0.1, 0.15) is 21.5 Å². The zero-order chi connectivity index (χ0) is 18.6. The Labute approximate surface area is 156 Å². The molecule has 1 aliphatic heterocycles. The Morgan fingerprint density at radius 3 is 2.81 bits per heavy atom.